The molecule has 2 rings (SSSR count). The Balaban J connectivity index is 1.69. The number of aliphatic hydroxyl groups is 1. The molecule has 0 bridgehead atoms. The van der Waals surface area contributed by atoms with Crippen LogP contribution in [0.15, 0.2) is 24.3 Å². The molecule has 7 heteroatoms. The molecule has 1 unspecified atom stereocenters. The third kappa shape index (κ3) is 6.87. The van der Waals surface area contributed by atoms with E-state index in [0.717, 1.165) is 37.2 Å². The van der Waals surface area contributed by atoms with Crippen LogP contribution in [0.4, 0.5) is 0 Å². The highest BCUT2D eigenvalue weighted by atomic mass is 32.2. The van der Waals surface area contributed by atoms with E-state index in [2.05, 4.69) is 9.62 Å². The van der Waals surface area contributed by atoms with Gasteiger partial charge in [-0.15, -0.1) is 0 Å². The SMILES string of the molecule is Cc1cccc(OCC(O)CN2CCC(NS(C)(=O)=O)CC2)c1. The van der Waals surface area contributed by atoms with Crippen molar-refractivity contribution in [2.75, 3.05) is 32.5 Å². The number of rotatable bonds is 7. The second kappa shape index (κ2) is 8.10. The minimum Gasteiger partial charge on any atom is -0.491 e. The molecule has 1 aliphatic rings. The maximum Gasteiger partial charge on any atom is 0.208 e. The van der Waals surface area contributed by atoms with Gasteiger partial charge in [0.15, 0.2) is 0 Å². The molecule has 0 spiro atoms. The average Bonchev–Trinajstić information content (AvgIpc) is 2.46. The minimum atomic E-state index is -3.14. The van der Waals surface area contributed by atoms with Crippen molar-refractivity contribution in [3.05, 3.63) is 29.8 Å². The van der Waals surface area contributed by atoms with E-state index in [9.17, 15) is 13.5 Å². The van der Waals surface area contributed by atoms with E-state index in [0.29, 0.717) is 6.54 Å². The lowest BCUT2D eigenvalue weighted by molar-refractivity contribution is 0.0590. The number of benzene rings is 1. The molecule has 1 aliphatic heterocycles. The van der Waals surface area contributed by atoms with Gasteiger partial charge in [-0.1, -0.05) is 12.1 Å². The zero-order valence-electron chi connectivity index (χ0n) is 13.7. The summed E-state index contributed by atoms with van der Waals surface area (Å²) in [5.74, 6) is 0.764. The lowest BCUT2D eigenvalue weighted by atomic mass is 10.1. The van der Waals surface area contributed by atoms with Gasteiger partial charge in [-0.3, -0.25) is 0 Å². The van der Waals surface area contributed by atoms with Crippen molar-refractivity contribution >= 4 is 10.0 Å². The molecule has 2 N–H and O–H groups in total. The van der Waals surface area contributed by atoms with E-state index >= 15 is 0 Å². The fourth-order valence-corrected chi connectivity index (χ4v) is 3.63. The summed E-state index contributed by atoms with van der Waals surface area (Å²) >= 11 is 0. The number of hydrogen-bond donors (Lipinski definition) is 2. The number of nitrogens with one attached hydrogen (secondary N) is 1. The summed E-state index contributed by atoms with van der Waals surface area (Å²) < 4.78 is 30.7. The highest BCUT2D eigenvalue weighted by Crippen LogP contribution is 2.14. The molecule has 6 nitrogen and oxygen atoms in total. The van der Waals surface area contributed by atoms with Crippen molar-refractivity contribution in [3.8, 4) is 5.75 Å². The molecule has 23 heavy (non-hydrogen) atoms. The number of nitrogens with zero attached hydrogens (tertiary/aromatic N) is 1. The van der Waals surface area contributed by atoms with Crippen LogP contribution in [-0.4, -0.2) is 63.1 Å². The summed E-state index contributed by atoms with van der Waals surface area (Å²) in [7, 11) is -3.14. The molecule has 0 aromatic heterocycles. The van der Waals surface area contributed by atoms with Gasteiger partial charge in [0, 0.05) is 12.6 Å². The quantitative estimate of drug-likeness (QED) is 0.764. The average molecular weight is 342 g/mol. The predicted molar refractivity (Wildman–Crippen MR) is 90.1 cm³/mol. The third-order valence-electron chi connectivity index (χ3n) is 3.87. The normalized spacial score (nSPS) is 18.7. The largest absolute Gasteiger partial charge is 0.491 e. The van der Waals surface area contributed by atoms with Gasteiger partial charge in [0.05, 0.1) is 6.26 Å². The van der Waals surface area contributed by atoms with E-state index in [-0.39, 0.29) is 12.6 Å². The lowest BCUT2D eigenvalue weighted by Crippen LogP contribution is -2.46. The van der Waals surface area contributed by atoms with Gasteiger partial charge >= 0.3 is 0 Å². The number of aryl methyl sites for hydroxylation is 1. The molecule has 0 radical (unpaired) electrons. The van der Waals surface area contributed by atoms with Crippen molar-refractivity contribution in [1.29, 1.82) is 0 Å². The molecule has 130 valence electrons. The van der Waals surface area contributed by atoms with Crippen LogP contribution < -0.4 is 9.46 Å². The molecule has 0 amide bonds. The van der Waals surface area contributed by atoms with Crippen LogP contribution in [0.1, 0.15) is 18.4 Å². The Morgan fingerprint density at radius 1 is 1.39 bits per heavy atom. The Labute approximate surface area is 138 Å². The Morgan fingerprint density at radius 2 is 2.09 bits per heavy atom. The molecule has 1 fully saturated rings. The van der Waals surface area contributed by atoms with Crippen LogP contribution in [0.2, 0.25) is 0 Å². The van der Waals surface area contributed by atoms with Gasteiger partial charge < -0.3 is 14.7 Å². The Morgan fingerprint density at radius 3 is 2.70 bits per heavy atom. The van der Waals surface area contributed by atoms with E-state index in [1.54, 1.807) is 0 Å². The first-order valence-corrected chi connectivity index (χ1v) is 9.78. The van der Waals surface area contributed by atoms with Gasteiger partial charge in [-0.25, -0.2) is 13.1 Å². The third-order valence-corrected chi connectivity index (χ3v) is 4.63. The summed E-state index contributed by atoms with van der Waals surface area (Å²) in [6.45, 7) is 4.34. The van der Waals surface area contributed by atoms with Crippen LogP contribution >= 0.6 is 0 Å². The number of hydrogen-bond acceptors (Lipinski definition) is 5. The van der Waals surface area contributed by atoms with Gasteiger partial charge in [-0.2, -0.15) is 0 Å². The summed E-state index contributed by atoms with van der Waals surface area (Å²) in [4.78, 5) is 2.14. The number of β-amino-alcohol motifs (C(OH)–C–C–N with tert-alkyl or cyclic N) is 1. The Bertz CT molecular complexity index is 598. The van der Waals surface area contributed by atoms with Crippen LogP contribution in [0.3, 0.4) is 0 Å². The van der Waals surface area contributed by atoms with Gasteiger partial charge in [0.2, 0.25) is 10.0 Å². The molecular weight excluding hydrogens is 316 g/mol. The number of piperidine rings is 1. The van der Waals surface area contributed by atoms with E-state index < -0.39 is 16.1 Å². The van der Waals surface area contributed by atoms with E-state index in [1.165, 1.54) is 6.26 Å². The lowest BCUT2D eigenvalue weighted by Gasteiger charge is -2.33. The van der Waals surface area contributed by atoms with Crippen molar-refractivity contribution in [1.82, 2.24) is 9.62 Å². The number of ether oxygens (including phenoxy) is 1. The molecule has 1 heterocycles. The van der Waals surface area contributed by atoms with Crippen molar-refractivity contribution < 1.29 is 18.3 Å². The van der Waals surface area contributed by atoms with Crippen LogP contribution in [0.5, 0.6) is 5.75 Å². The first kappa shape index (κ1) is 18.2. The number of aliphatic hydroxyl groups excluding tert-OH is 1. The highest BCUT2D eigenvalue weighted by molar-refractivity contribution is 7.88. The second-order valence-corrected chi connectivity index (χ2v) is 8.03. The summed E-state index contributed by atoms with van der Waals surface area (Å²) in [5.41, 5.74) is 1.12. The van der Waals surface area contributed by atoms with Crippen LogP contribution in [0.25, 0.3) is 0 Å². The van der Waals surface area contributed by atoms with Crippen LogP contribution in [-0.2, 0) is 10.0 Å². The van der Waals surface area contributed by atoms with E-state index in [1.807, 2.05) is 31.2 Å². The van der Waals surface area contributed by atoms with Gasteiger partial charge in [0.1, 0.15) is 18.5 Å². The van der Waals surface area contributed by atoms with Crippen molar-refractivity contribution in [2.45, 2.75) is 31.9 Å². The number of likely N-dealkylation sites (tertiary alicyclic amines) is 1. The van der Waals surface area contributed by atoms with E-state index in [4.69, 9.17) is 4.74 Å². The fourth-order valence-electron chi connectivity index (χ4n) is 2.78. The Kier molecular flexibility index (Phi) is 6.41. The first-order chi connectivity index (χ1) is 10.8. The Hall–Kier alpha value is -1.15. The molecule has 1 aromatic carbocycles. The minimum absolute atomic E-state index is 0.00179. The molecule has 1 saturated heterocycles. The monoisotopic (exact) mass is 342 g/mol. The van der Waals surface area contributed by atoms with Crippen molar-refractivity contribution in [2.24, 2.45) is 0 Å². The summed E-state index contributed by atoms with van der Waals surface area (Å²) in [6.07, 6.45) is 2.15. The van der Waals surface area contributed by atoms with Crippen molar-refractivity contribution in [3.63, 3.8) is 0 Å². The fraction of sp³-hybridized carbons (Fsp3) is 0.625. The zero-order chi connectivity index (χ0) is 16.9. The molecular formula is C16H26N2O4S. The van der Waals surface area contributed by atoms with Gasteiger partial charge in [0.25, 0.3) is 0 Å². The summed E-state index contributed by atoms with van der Waals surface area (Å²) in [5, 5.41) is 10.1. The predicted octanol–water partition coefficient (Wildman–Crippen LogP) is 0.748. The highest BCUT2D eigenvalue weighted by Gasteiger charge is 2.23. The topological polar surface area (TPSA) is 78.9 Å². The zero-order valence-corrected chi connectivity index (χ0v) is 14.6. The maximum atomic E-state index is 11.2. The smallest absolute Gasteiger partial charge is 0.208 e. The second-order valence-electron chi connectivity index (χ2n) is 6.25. The molecule has 1 aromatic rings. The number of sulfonamides is 1. The molecule has 0 aliphatic carbocycles. The summed E-state index contributed by atoms with van der Waals surface area (Å²) in [6, 6.07) is 7.74. The first-order valence-electron chi connectivity index (χ1n) is 7.89. The maximum absolute atomic E-state index is 11.2. The van der Waals surface area contributed by atoms with Crippen LogP contribution in [0, 0.1) is 6.92 Å². The standard InChI is InChI=1S/C16H26N2O4S/c1-13-4-3-5-16(10-13)22-12-15(19)11-18-8-6-14(7-9-18)17-23(2,20)21/h3-5,10,14-15,17,19H,6-9,11-12H2,1-2H3. The van der Waals surface area contributed by atoms with Gasteiger partial charge in [-0.05, 0) is 50.6 Å². The molecule has 1 atom stereocenters. The molecule has 0 saturated carbocycles.